The second-order valence-electron chi connectivity index (χ2n) is 3.62. The Morgan fingerprint density at radius 2 is 2.38 bits per heavy atom. The number of anilines is 1. The molecule has 1 N–H and O–H groups in total. The Morgan fingerprint density at radius 1 is 1.62 bits per heavy atom. The zero-order valence-electron chi connectivity index (χ0n) is 7.68. The van der Waals surface area contributed by atoms with Crippen molar-refractivity contribution in [3.8, 4) is 0 Å². The third-order valence-corrected chi connectivity index (χ3v) is 3.12. The molecule has 0 spiro atoms. The quantitative estimate of drug-likeness (QED) is 0.879. The first-order valence-electron chi connectivity index (χ1n) is 4.62. The zero-order valence-corrected chi connectivity index (χ0v) is 9.26. The van der Waals surface area contributed by atoms with Crippen LogP contribution in [0.15, 0.2) is 16.7 Å². The maximum atomic E-state index is 4.27. The lowest BCUT2D eigenvalue weighted by molar-refractivity contribution is 0.887. The normalized spacial score (nSPS) is 15.8. The average Bonchev–Trinajstić information content (AvgIpc) is 2.91. The summed E-state index contributed by atoms with van der Waals surface area (Å²) in [6.07, 6.45) is 4.66. The first-order valence-corrected chi connectivity index (χ1v) is 5.41. The van der Waals surface area contributed by atoms with Gasteiger partial charge in [0.2, 0.25) is 0 Å². The SMILES string of the molecule is Cc1ncc(NCC2CC2)cc1Br. The van der Waals surface area contributed by atoms with Gasteiger partial charge >= 0.3 is 0 Å². The van der Waals surface area contributed by atoms with E-state index in [1.165, 1.54) is 12.8 Å². The Morgan fingerprint density at radius 3 is 3.00 bits per heavy atom. The summed E-state index contributed by atoms with van der Waals surface area (Å²) in [6, 6.07) is 2.09. The highest BCUT2D eigenvalue weighted by atomic mass is 79.9. The van der Waals surface area contributed by atoms with Gasteiger partial charge < -0.3 is 5.32 Å². The lowest BCUT2D eigenvalue weighted by Gasteiger charge is -2.05. The molecule has 0 amide bonds. The van der Waals surface area contributed by atoms with E-state index >= 15 is 0 Å². The second-order valence-corrected chi connectivity index (χ2v) is 4.47. The van der Waals surface area contributed by atoms with Gasteiger partial charge in [-0.05, 0) is 47.7 Å². The first kappa shape index (κ1) is 9.00. The Hall–Kier alpha value is -0.570. The molecule has 1 saturated carbocycles. The molecule has 0 saturated heterocycles. The van der Waals surface area contributed by atoms with Crippen molar-refractivity contribution in [2.45, 2.75) is 19.8 Å². The molecule has 1 aromatic rings. The monoisotopic (exact) mass is 240 g/mol. The van der Waals surface area contributed by atoms with E-state index < -0.39 is 0 Å². The molecular formula is C10H13BrN2. The van der Waals surface area contributed by atoms with Crippen molar-refractivity contribution in [3.63, 3.8) is 0 Å². The summed E-state index contributed by atoms with van der Waals surface area (Å²) >= 11 is 3.47. The maximum Gasteiger partial charge on any atom is 0.0538 e. The van der Waals surface area contributed by atoms with Crippen molar-refractivity contribution in [1.29, 1.82) is 0 Å². The molecule has 0 atom stereocenters. The smallest absolute Gasteiger partial charge is 0.0538 e. The minimum atomic E-state index is 0.903. The van der Waals surface area contributed by atoms with E-state index in [0.717, 1.165) is 28.3 Å². The minimum absolute atomic E-state index is 0.903. The largest absolute Gasteiger partial charge is 0.383 e. The second kappa shape index (κ2) is 3.66. The van der Waals surface area contributed by atoms with E-state index in [-0.39, 0.29) is 0 Å². The van der Waals surface area contributed by atoms with Crippen molar-refractivity contribution in [2.24, 2.45) is 5.92 Å². The van der Waals surface area contributed by atoms with Gasteiger partial charge in [0.15, 0.2) is 0 Å². The Bertz CT molecular complexity index is 308. The lowest BCUT2D eigenvalue weighted by atomic mass is 10.3. The van der Waals surface area contributed by atoms with Gasteiger partial charge in [-0.25, -0.2) is 0 Å². The molecular weight excluding hydrogens is 228 g/mol. The molecule has 0 aliphatic heterocycles. The van der Waals surface area contributed by atoms with Crippen LogP contribution in [-0.2, 0) is 0 Å². The predicted octanol–water partition coefficient (Wildman–Crippen LogP) is 2.97. The molecule has 0 bridgehead atoms. The van der Waals surface area contributed by atoms with Crippen LogP contribution in [0.25, 0.3) is 0 Å². The molecule has 1 fully saturated rings. The fourth-order valence-electron chi connectivity index (χ4n) is 1.19. The van der Waals surface area contributed by atoms with Gasteiger partial charge in [-0.3, -0.25) is 4.98 Å². The summed E-state index contributed by atoms with van der Waals surface area (Å²) in [5, 5.41) is 3.38. The van der Waals surface area contributed by atoms with E-state index in [1.807, 2.05) is 13.1 Å². The maximum absolute atomic E-state index is 4.27. The van der Waals surface area contributed by atoms with Crippen molar-refractivity contribution < 1.29 is 0 Å². The van der Waals surface area contributed by atoms with E-state index in [4.69, 9.17) is 0 Å². The van der Waals surface area contributed by atoms with Gasteiger partial charge in [-0.15, -0.1) is 0 Å². The molecule has 1 heterocycles. The predicted molar refractivity (Wildman–Crippen MR) is 57.9 cm³/mol. The molecule has 2 nitrogen and oxygen atoms in total. The van der Waals surface area contributed by atoms with Gasteiger partial charge in [0.25, 0.3) is 0 Å². The number of hydrogen-bond donors (Lipinski definition) is 1. The van der Waals surface area contributed by atoms with Crippen LogP contribution in [0, 0.1) is 12.8 Å². The highest BCUT2D eigenvalue weighted by molar-refractivity contribution is 9.10. The van der Waals surface area contributed by atoms with Crippen LogP contribution in [-0.4, -0.2) is 11.5 Å². The summed E-state index contributed by atoms with van der Waals surface area (Å²) in [6.45, 7) is 3.09. The van der Waals surface area contributed by atoms with Crippen LogP contribution < -0.4 is 5.32 Å². The molecule has 2 rings (SSSR count). The van der Waals surface area contributed by atoms with Crippen LogP contribution >= 0.6 is 15.9 Å². The average molecular weight is 241 g/mol. The van der Waals surface area contributed by atoms with Crippen LogP contribution in [0.3, 0.4) is 0 Å². The molecule has 1 aliphatic carbocycles. The highest BCUT2D eigenvalue weighted by Crippen LogP contribution is 2.29. The Labute approximate surface area is 86.9 Å². The van der Waals surface area contributed by atoms with Gasteiger partial charge in [0.05, 0.1) is 17.6 Å². The van der Waals surface area contributed by atoms with Gasteiger partial charge in [-0.2, -0.15) is 0 Å². The van der Waals surface area contributed by atoms with Gasteiger partial charge in [0, 0.05) is 11.0 Å². The summed E-state index contributed by atoms with van der Waals surface area (Å²) in [5.41, 5.74) is 2.15. The number of aryl methyl sites for hydroxylation is 1. The number of nitrogens with one attached hydrogen (secondary N) is 1. The minimum Gasteiger partial charge on any atom is -0.383 e. The number of halogens is 1. The van der Waals surface area contributed by atoms with Crippen LogP contribution in [0.4, 0.5) is 5.69 Å². The fraction of sp³-hybridized carbons (Fsp3) is 0.500. The van der Waals surface area contributed by atoms with Crippen molar-refractivity contribution in [2.75, 3.05) is 11.9 Å². The Balaban J connectivity index is 1.98. The summed E-state index contributed by atoms with van der Waals surface area (Å²) in [7, 11) is 0. The zero-order chi connectivity index (χ0) is 9.26. The summed E-state index contributed by atoms with van der Waals surface area (Å²) < 4.78 is 1.08. The topological polar surface area (TPSA) is 24.9 Å². The third kappa shape index (κ3) is 2.44. The number of hydrogen-bond acceptors (Lipinski definition) is 2. The van der Waals surface area contributed by atoms with Gasteiger partial charge in [-0.1, -0.05) is 0 Å². The van der Waals surface area contributed by atoms with E-state index in [2.05, 4.69) is 32.3 Å². The molecule has 0 aromatic carbocycles. The number of aromatic nitrogens is 1. The van der Waals surface area contributed by atoms with E-state index in [0.29, 0.717) is 0 Å². The fourth-order valence-corrected chi connectivity index (χ4v) is 1.54. The summed E-state index contributed by atoms with van der Waals surface area (Å²) in [4.78, 5) is 4.27. The molecule has 1 aromatic heterocycles. The van der Waals surface area contributed by atoms with Crippen LogP contribution in [0.5, 0.6) is 0 Å². The Kier molecular flexibility index (Phi) is 2.54. The third-order valence-electron chi connectivity index (χ3n) is 2.32. The molecule has 0 radical (unpaired) electrons. The highest BCUT2D eigenvalue weighted by Gasteiger charge is 2.20. The van der Waals surface area contributed by atoms with Crippen LogP contribution in [0.1, 0.15) is 18.5 Å². The standard InChI is InChI=1S/C10H13BrN2/c1-7-10(11)4-9(6-12-7)13-5-8-2-3-8/h4,6,8,13H,2-3,5H2,1H3. The molecule has 0 unspecified atom stereocenters. The number of pyridine rings is 1. The van der Waals surface area contributed by atoms with Crippen molar-refractivity contribution in [1.82, 2.24) is 4.98 Å². The molecule has 13 heavy (non-hydrogen) atoms. The van der Waals surface area contributed by atoms with Gasteiger partial charge in [0.1, 0.15) is 0 Å². The summed E-state index contributed by atoms with van der Waals surface area (Å²) in [5.74, 6) is 0.903. The number of nitrogens with zero attached hydrogens (tertiary/aromatic N) is 1. The molecule has 70 valence electrons. The van der Waals surface area contributed by atoms with Crippen molar-refractivity contribution >= 4 is 21.6 Å². The number of rotatable bonds is 3. The van der Waals surface area contributed by atoms with E-state index in [9.17, 15) is 0 Å². The van der Waals surface area contributed by atoms with Crippen LogP contribution in [0.2, 0.25) is 0 Å². The van der Waals surface area contributed by atoms with E-state index in [1.54, 1.807) is 0 Å². The molecule has 1 aliphatic rings. The van der Waals surface area contributed by atoms with Crippen molar-refractivity contribution in [3.05, 3.63) is 22.4 Å². The molecule has 3 heteroatoms. The lowest BCUT2D eigenvalue weighted by Crippen LogP contribution is -2.03. The first-order chi connectivity index (χ1) is 6.25.